The minimum atomic E-state index is -1.76. The molecule has 0 bridgehead atoms. The Morgan fingerprint density at radius 2 is 1.79 bits per heavy atom. The molecule has 1 aromatic rings. The second-order valence-electron chi connectivity index (χ2n) is 8.81. The monoisotopic (exact) mass is 349 g/mol. The van der Waals surface area contributed by atoms with E-state index in [2.05, 4.69) is 76.0 Å². The van der Waals surface area contributed by atoms with Gasteiger partial charge in [-0.25, -0.2) is 0 Å². The van der Waals surface area contributed by atoms with Crippen molar-refractivity contribution in [2.75, 3.05) is 6.61 Å². The number of piperidine rings is 1. The first-order chi connectivity index (χ1) is 11.1. The number of hydrogen-bond acceptors (Lipinski definition) is 3. The molecule has 0 unspecified atom stereocenters. The van der Waals surface area contributed by atoms with Crippen LogP contribution in [0.25, 0.3) is 0 Å². The SMILES string of the molecule is C[C@@H]1C[C@H](O[Si](C)(C)C(C)(C)C)C[C@@H](CO)N1Cc1ccccc1. The number of nitrogens with zero attached hydrogens (tertiary/aromatic N) is 1. The zero-order valence-corrected chi connectivity index (χ0v) is 17.2. The average Bonchev–Trinajstić information content (AvgIpc) is 2.49. The van der Waals surface area contributed by atoms with Gasteiger partial charge in [0.2, 0.25) is 0 Å². The van der Waals surface area contributed by atoms with Crippen LogP contribution in [0.1, 0.15) is 46.1 Å². The highest BCUT2D eigenvalue weighted by Crippen LogP contribution is 2.39. The molecule has 0 aromatic heterocycles. The summed E-state index contributed by atoms with van der Waals surface area (Å²) < 4.78 is 6.65. The molecule has 1 saturated heterocycles. The van der Waals surface area contributed by atoms with Gasteiger partial charge >= 0.3 is 0 Å². The number of rotatable bonds is 5. The molecule has 3 nitrogen and oxygen atoms in total. The Kier molecular flexibility index (Phi) is 6.29. The van der Waals surface area contributed by atoms with Gasteiger partial charge in [0.05, 0.1) is 6.61 Å². The van der Waals surface area contributed by atoms with Crippen molar-refractivity contribution in [3.8, 4) is 0 Å². The summed E-state index contributed by atoms with van der Waals surface area (Å²) in [6.07, 6.45) is 2.25. The van der Waals surface area contributed by atoms with Gasteiger partial charge in [-0.2, -0.15) is 0 Å². The van der Waals surface area contributed by atoms with E-state index in [9.17, 15) is 5.11 Å². The highest BCUT2D eigenvalue weighted by atomic mass is 28.4. The molecule has 0 saturated carbocycles. The van der Waals surface area contributed by atoms with Crippen LogP contribution < -0.4 is 0 Å². The molecule has 0 spiro atoms. The van der Waals surface area contributed by atoms with Crippen LogP contribution in [0.3, 0.4) is 0 Å². The molecule has 0 radical (unpaired) electrons. The van der Waals surface area contributed by atoms with E-state index in [0.29, 0.717) is 6.04 Å². The van der Waals surface area contributed by atoms with E-state index in [1.54, 1.807) is 0 Å². The lowest BCUT2D eigenvalue weighted by Crippen LogP contribution is -2.54. The van der Waals surface area contributed by atoms with E-state index in [1.165, 1.54) is 5.56 Å². The average molecular weight is 350 g/mol. The number of aliphatic hydroxyl groups excluding tert-OH is 1. The molecule has 0 amide bonds. The maximum atomic E-state index is 9.95. The maximum Gasteiger partial charge on any atom is 0.192 e. The van der Waals surface area contributed by atoms with Gasteiger partial charge < -0.3 is 9.53 Å². The van der Waals surface area contributed by atoms with Crippen molar-refractivity contribution in [2.24, 2.45) is 0 Å². The number of benzene rings is 1. The van der Waals surface area contributed by atoms with Crippen molar-refractivity contribution in [3.05, 3.63) is 35.9 Å². The summed E-state index contributed by atoms with van der Waals surface area (Å²) in [7, 11) is -1.76. The van der Waals surface area contributed by atoms with E-state index in [-0.39, 0.29) is 23.8 Å². The van der Waals surface area contributed by atoms with Crippen LogP contribution in [0.5, 0.6) is 0 Å². The number of hydrogen-bond donors (Lipinski definition) is 1. The van der Waals surface area contributed by atoms with Crippen molar-refractivity contribution in [1.29, 1.82) is 0 Å². The highest BCUT2D eigenvalue weighted by Gasteiger charge is 2.42. The first-order valence-corrected chi connectivity index (χ1v) is 12.1. The van der Waals surface area contributed by atoms with Crippen LogP contribution in [0.4, 0.5) is 0 Å². The Bertz CT molecular complexity index is 512. The molecule has 1 heterocycles. The fourth-order valence-corrected chi connectivity index (χ4v) is 4.74. The van der Waals surface area contributed by atoms with Crippen LogP contribution >= 0.6 is 0 Å². The molecule has 136 valence electrons. The van der Waals surface area contributed by atoms with Crippen LogP contribution in [0.2, 0.25) is 18.1 Å². The fraction of sp³-hybridized carbons (Fsp3) is 0.700. The van der Waals surface area contributed by atoms with Gasteiger partial charge in [0.1, 0.15) is 0 Å². The third-order valence-corrected chi connectivity index (χ3v) is 10.4. The van der Waals surface area contributed by atoms with Gasteiger partial charge in [0.15, 0.2) is 8.32 Å². The van der Waals surface area contributed by atoms with Crippen molar-refractivity contribution in [2.45, 2.75) is 83.4 Å². The Labute approximate surface area is 149 Å². The summed E-state index contributed by atoms with van der Waals surface area (Å²) in [5.41, 5.74) is 1.31. The summed E-state index contributed by atoms with van der Waals surface area (Å²) >= 11 is 0. The van der Waals surface area contributed by atoms with Crippen LogP contribution in [-0.2, 0) is 11.0 Å². The molecule has 1 aliphatic heterocycles. The summed E-state index contributed by atoms with van der Waals surface area (Å²) in [5.74, 6) is 0. The summed E-state index contributed by atoms with van der Waals surface area (Å²) in [6.45, 7) is 14.9. The topological polar surface area (TPSA) is 32.7 Å². The Hall–Kier alpha value is -0.683. The molecule has 2 rings (SSSR count). The van der Waals surface area contributed by atoms with E-state index in [4.69, 9.17) is 4.43 Å². The molecule has 1 fully saturated rings. The van der Waals surface area contributed by atoms with Gasteiger partial charge in [-0.3, -0.25) is 4.90 Å². The van der Waals surface area contributed by atoms with Crippen LogP contribution in [0, 0.1) is 0 Å². The molecule has 1 aromatic carbocycles. The molecule has 1 N–H and O–H groups in total. The summed E-state index contributed by atoms with van der Waals surface area (Å²) in [5, 5.41) is 10.2. The van der Waals surface area contributed by atoms with E-state index in [1.807, 2.05) is 0 Å². The zero-order valence-electron chi connectivity index (χ0n) is 16.2. The van der Waals surface area contributed by atoms with Crippen LogP contribution in [-0.4, -0.2) is 43.1 Å². The van der Waals surface area contributed by atoms with Gasteiger partial charge in [0.25, 0.3) is 0 Å². The van der Waals surface area contributed by atoms with E-state index in [0.717, 1.165) is 19.4 Å². The largest absolute Gasteiger partial charge is 0.414 e. The fourth-order valence-electron chi connectivity index (χ4n) is 3.36. The molecular formula is C20H35NO2Si. The second-order valence-corrected chi connectivity index (χ2v) is 13.6. The van der Waals surface area contributed by atoms with Crippen LogP contribution in [0.15, 0.2) is 30.3 Å². The zero-order chi connectivity index (χ0) is 18.0. The minimum absolute atomic E-state index is 0.184. The Morgan fingerprint density at radius 1 is 1.17 bits per heavy atom. The lowest BCUT2D eigenvalue weighted by Gasteiger charge is -2.47. The maximum absolute atomic E-state index is 9.95. The first kappa shape index (κ1) is 19.6. The van der Waals surface area contributed by atoms with Crippen molar-refractivity contribution < 1.29 is 9.53 Å². The van der Waals surface area contributed by atoms with Gasteiger partial charge in [0, 0.05) is 24.7 Å². The van der Waals surface area contributed by atoms with Gasteiger partial charge in [-0.1, -0.05) is 51.1 Å². The first-order valence-electron chi connectivity index (χ1n) is 9.22. The quantitative estimate of drug-likeness (QED) is 0.799. The van der Waals surface area contributed by atoms with Gasteiger partial charge in [-0.15, -0.1) is 0 Å². The van der Waals surface area contributed by atoms with Gasteiger partial charge in [-0.05, 0) is 43.5 Å². The Morgan fingerprint density at radius 3 is 2.33 bits per heavy atom. The molecular weight excluding hydrogens is 314 g/mol. The molecule has 24 heavy (non-hydrogen) atoms. The smallest absolute Gasteiger partial charge is 0.192 e. The predicted octanol–water partition coefficient (Wildman–Crippen LogP) is 4.42. The molecule has 1 aliphatic rings. The third-order valence-electron chi connectivity index (χ3n) is 5.86. The summed E-state index contributed by atoms with van der Waals surface area (Å²) in [6, 6.07) is 11.2. The Balaban J connectivity index is 2.05. The van der Waals surface area contributed by atoms with Crippen molar-refractivity contribution >= 4 is 8.32 Å². The number of likely N-dealkylation sites (tertiary alicyclic amines) is 1. The highest BCUT2D eigenvalue weighted by molar-refractivity contribution is 6.74. The lowest BCUT2D eigenvalue weighted by atomic mass is 9.93. The van der Waals surface area contributed by atoms with Crippen molar-refractivity contribution in [3.63, 3.8) is 0 Å². The number of aliphatic hydroxyl groups is 1. The van der Waals surface area contributed by atoms with E-state index < -0.39 is 8.32 Å². The minimum Gasteiger partial charge on any atom is -0.414 e. The van der Waals surface area contributed by atoms with Crippen molar-refractivity contribution in [1.82, 2.24) is 4.90 Å². The third kappa shape index (κ3) is 4.69. The van der Waals surface area contributed by atoms with E-state index >= 15 is 0 Å². The molecule has 3 atom stereocenters. The summed E-state index contributed by atoms with van der Waals surface area (Å²) in [4.78, 5) is 2.45. The standard InChI is InChI=1S/C20H35NO2Si/c1-16-12-19(23-24(5,6)20(2,3)4)13-18(15-22)21(16)14-17-10-8-7-9-11-17/h7-11,16,18-19,22H,12-15H2,1-6H3/t16-,18+,19+/m1/s1. The molecule has 0 aliphatic carbocycles. The second kappa shape index (κ2) is 7.69. The molecule has 4 heteroatoms. The lowest BCUT2D eigenvalue weighted by molar-refractivity contribution is -0.0138. The predicted molar refractivity (Wildman–Crippen MR) is 104 cm³/mol. The normalized spacial score (nSPS) is 26.5.